The Labute approximate surface area is 204 Å². The van der Waals surface area contributed by atoms with Crippen molar-refractivity contribution in [3.05, 3.63) is 89.0 Å². The van der Waals surface area contributed by atoms with Gasteiger partial charge in [-0.1, -0.05) is 24.3 Å². The molecule has 3 amide bonds. The first-order chi connectivity index (χ1) is 16.7. The summed E-state index contributed by atoms with van der Waals surface area (Å²) < 4.78 is 27.3. The van der Waals surface area contributed by atoms with Gasteiger partial charge in [0.2, 0.25) is 16.7 Å². The first-order valence-corrected chi connectivity index (χ1v) is 11.9. The lowest BCUT2D eigenvalue weighted by Gasteiger charge is -2.33. The molecule has 35 heavy (non-hydrogen) atoms. The highest BCUT2D eigenvalue weighted by Gasteiger charge is 2.61. The Hall–Kier alpha value is -3.72. The van der Waals surface area contributed by atoms with Crippen molar-refractivity contribution in [1.82, 2.24) is 0 Å². The highest BCUT2D eigenvalue weighted by molar-refractivity contribution is 8.02. The van der Waals surface area contributed by atoms with Crippen LogP contribution in [0, 0.1) is 25.5 Å². The van der Waals surface area contributed by atoms with Crippen molar-refractivity contribution in [3.8, 4) is 0 Å². The van der Waals surface area contributed by atoms with Crippen LogP contribution in [0.15, 0.2) is 60.7 Å². The summed E-state index contributed by atoms with van der Waals surface area (Å²) in [5.41, 5.74) is 3.45. The lowest BCUT2D eigenvalue weighted by atomic mass is 10.0. The molecule has 3 aromatic rings. The summed E-state index contributed by atoms with van der Waals surface area (Å²) in [6, 6.07) is 15.6. The highest BCUT2D eigenvalue weighted by atomic mass is 32.2. The molecule has 1 saturated heterocycles. The Morgan fingerprint density at radius 3 is 2.46 bits per heavy atom. The standard InChI is InChI=1S/C26H21F2N3O3S/c1-15-9-16(2)11-18(10-15)31-24(33)14-35-26(31)19-5-3-4-6-22(19)30(25(26)34)13-23(32)29-21-8-7-17(27)12-20(21)28/h3-12H,13-14H2,1-2H3,(H,29,32)/t26-/m1/s1. The number of hydrogen-bond donors (Lipinski definition) is 1. The maximum absolute atomic E-state index is 14.0. The SMILES string of the molecule is Cc1cc(C)cc(N2C(=O)CS[C@]23C(=O)N(CC(=O)Nc2ccc(F)cc2F)c2ccccc23)c1. The van der Waals surface area contributed by atoms with Gasteiger partial charge < -0.3 is 5.32 Å². The Balaban J connectivity index is 1.53. The molecule has 0 saturated carbocycles. The van der Waals surface area contributed by atoms with Gasteiger partial charge in [0, 0.05) is 17.3 Å². The summed E-state index contributed by atoms with van der Waals surface area (Å²) >= 11 is 1.22. The third-order valence-electron chi connectivity index (χ3n) is 6.04. The minimum Gasteiger partial charge on any atom is -0.322 e. The number of hydrogen-bond acceptors (Lipinski definition) is 4. The van der Waals surface area contributed by atoms with Crippen molar-refractivity contribution in [1.29, 1.82) is 0 Å². The quantitative estimate of drug-likeness (QED) is 0.581. The summed E-state index contributed by atoms with van der Waals surface area (Å²) in [5.74, 6) is -2.86. The number of benzene rings is 3. The number of halogens is 2. The molecule has 9 heteroatoms. The predicted molar refractivity (Wildman–Crippen MR) is 131 cm³/mol. The second-order valence-electron chi connectivity index (χ2n) is 8.59. The van der Waals surface area contributed by atoms with E-state index in [-0.39, 0.29) is 17.3 Å². The van der Waals surface area contributed by atoms with E-state index < -0.39 is 34.9 Å². The number of carbonyl (C=O) groups excluding carboxylic acids is 3. The summed E-state index contributed by atoms with van der Waals surface area (Å²) in [4.78, 5) is 41.4. The molecule has 0 bridgehead atoms. The van der Waals surface area contributed by atoms with Gasteiger partial charge in [-0.05, 0) is 55.3 Å². The van der Waals surface area contributed by atoms with E-state index in [9.17, 15) is 23.2 Å². The van der Waals surface area contributed by atoms with Gasteiger partial charge in [0.05, 0.1) is 17.1 Å². The van der Waals surface area contributed by atoms with Gasteiger partial charge in [-0.3, -0.25) is 24.2 Å². The number of thioether (sulfide) groups is 1. The molecule has 1 atom stereocenters. The molecule has 0 aliphatic carbocycles. The predicted octanol–water partition coefficient (Wildman–Crippen LogP) is 4.50. The molecule has 2 heterocycles. The fraction of sp³-hybridized carbons (Fsp3) is 0.192. The molecule has 1 fully saturated rings. The second kappa shape index (κ2) is 8.49. The minimum absolute atomic E-state index is 0.105. The van der Waals surface area contributed by atoms with Crippen molar-refractivity contribution in [3.63, 3.8) is 0 Å². The number of nitrogens with zero attached hydrogens (tertiary/aromatic N) is 2. The molecule has 0 aromatic heterocycles. The zero-order valence-electron chi connectivity index (χ0n) is 19.0. The van der Waals surface area contributed by atoms with Crippen molar-refractivity contribution in [2.24, 2.45) is 0 Å². The van der Waals surface area contributed by atoms with Crippen molar-refractivity contribution >= 4 is 46.5 Å². The number of para-hydroxylation sites is 1. The number of rotatable bonds is 4. The van der Waals surface area contributed by atoms with Crippen molar-refractivity contribution in [2.45, 2.75) is 18.7 Å². The Morgan fingerprint density at radius 2 is 1.74 bits per heavy atom. The second-order valence-corrected chi connectivity index (χ2v) is 9.76. The molecule has 1 spiro atoms. The summed E-state index contributed by atoms with van der Waals surface area (Å²) in [7, 11) is 0. The monoisotopic (exact) mass is 493 g/mol. The third-order valence-corrected chi connectivity index (χ3v) is 7.42. The number of nitrogens with one attached hydrogen (secondary N) is 1. The molecule has 5 rings (SSSR count). The summed E-state index contributed by atoms with van der Waals surface area (Å²) in [5, 5.41) is 2.40. The molecule has 0 unspecified atom stereocenters. The highest BCUT2D eigenvalue weighted by Crippen LogP contribution is 2.55. The van der Waals surface area contributed by atoms with Crippen LogP contribution in [0.5, 0.6) is 0 Å². The van der Waals surface area contributed by atoms with Crippen LogP contribution in [0.1, 0.15) is 16.7 Å². The summed E-state index contributed by atoms with van der Waals surface area (Å²) in [6.07, 6.45) is 0. The minimum atomic E-state index is -1.35. The van der Waals surface area contributed by atoms with Gasteiger partial charge in [0.25, 0.3) is 5.91 Å². The smallest absolute Gasteiger partial charge is 0.269 e. The van der Waals surface area contributed by atoms with Gasteiger partial charge in [0.15, 0.2) is 0 Å². The normalized spacial score (nSPS) is 19.0. The van der Waals surface area contributed by atoms with Gasteiger partial charge in [-0.25, -0.2) is 8.78 Å². The van der Waals surface area contributed by atoms with Crippen LogP contribution in [-0.2, 0) is 19.3 Å². The molecule has 2 aliphatic heterocycles. The topological polar surface area (TPSA) is 69.7 Å². The van der Waals surface area contributed by atoms with E-state index in [2.05, 4.69) is 5.32 Å². The molecular weight excluding hydrogens is 472 g/mol. The first-order valence-electron chi connectivity index (χ1n) is 10.9. The Kier molecular flexibility index (Phi) is 5.59. The van der Waals surface area contributed by atoms with Crippen LogP contribution in [0.3, 0.4) is 0 Å². The van der Waals surface area contributed by atoms with Crippen LogP contribution < -0.4 is 15.1 Å². The first kappa shape index (κ1) is 23.0. The van der Waals surface area contributed by atoms with E-state index in [1.807, 2.05) is 32.0 Å². The van der Waals surface area contributed by atoms with E-state index in [1.54, 1.807) is 24.3 Å². The van der Waals surface area contributed by atoms with Crippen LogP contribution >= 0.6 is 11.8 Å². The van der Waals surface area contributed by atoms with Crippen molar-refractivity contribution in [2.75, 3.05) is 27.4 Å². The van der Waals surface area contributed by atoms with Crippen molar-refractivity contribution < 1.29 is 23.2 Å². The van der Waals surface area contributed by atoms with Gasteiger partial charge in [0.1, 0.15) is 18.2 Å². The van der Waals surface area contributed by atoms with E-state index in [0.717, 1.165) is 23.3 Å². The van der Waals surface area contributed by atoms with E-state index >= 15 is 0 Å². The zero-order valence-corrected chi connectivity index (χ0v) is 19.8. The lowest BCUT2D eigenvalue weighted by Crippen LogP contribution is -2.51. The molecule has 178 valence electrons. The van der Waals surface area contributed by atoms with Crippen LogP contribution in [0.25, 0.3) is 0 Å². The average molecular weight is 494 g/mol. The largest absolute Gasteiger partial charge is 0.322 e. The molecular formula is C26H21F2N3O3S. The average Bonchev–Trinajstić information content (AvgIpc) is 3.26. The van der Waals surface area contributed by atoms with E-state index in [0.29, 0.717) is 23.0 Å². The number of carbonyl (C=O) groups is 3. The van der Waals surface area contributed by atoms with Gasteiger partial charge in [-0.15, -0.1) is 11.8 Å². The van der Waals surface area contributed by atoms with Gasteiger partial charge in [-0.2, -0.15) is 0 Å². The van der Waals surface area contributed by atoms with E-state index in [1.165, 1.54) is 21.6 Å². The Morgan fingerprint density at radius 1 is 1.03 bits per heavy atom. The lowest BCUT2D eigenvalue weighted by molar-refractivity contribution is -0.124. The number of aryl methyl sites for hydroxylation is 2. The van der Waals surface area contributed by atoms with Gasteiger partial charge >= 0.3 is 0 Å². The fourth-order valence-electron chi connectivity index (χ4n) is 4.72. The molecule has 0 radical (unpaired) electrons. The maximum Gasteiger partial charge on any atom is 0.269 e. The van der Waals surface area contributed by atoms with E-state index in [4.69, 9.17) is 0 Å². The maximum atomic E-state index is 14.0. The number of anilines is 3. The number of amides is 3. The van der Waals surface area contributed by atoms with Crippen LogP contribution in [0.4, 0.5) is 25.8 Å². The fourth-order valence-corrected chi connectivity index (χ4v) is 6.08. The molecule has 6 nitrogen and oxygen atoms in total. The third kappa shape index (κ3) is 3.76. The van der Waals surface area contributed by atoms with Crippen LogP contribution in [-0.4, -0.2) is 30.0 Å². The summed E-state index contributed by atoms with van der Waals surface area (Å²) in [6.45, 7) is 3.45. The molecule has 3 aromatic carbocycles. The Bertz CT molecular complexity index is 1380. The zero-order chi connectivity index (χ0) is 24.9. The molecule has 2 aliphatic rings. The number of fused-ring (bicyclic) bond motifs is 2. The molecule has 1 N–H and O–H groups in total. The van der Waals surface area contributed by atoms with Crippen LogP contribution in [0.2, 0.25) is 0 Å².